The van der Waals surface area contributed by atoms with Gasteiger partial charge < -0.3 is 14.0 Å². The van der Waals surface area contributed by atoms with E-state index in [0.29, 0.717) is 17.9 Å². The average molecular weight is 416 g/mol. The first-order valence-electron chi connectivity index (χ1n) is 9.54. The Bertz CT molecular complexity index is 1020. The summed E-state index contributed by atoms with van der Waals surface area (Å²) in [5.41, 5.74) is 3.92. The van der Waals surface area contributed by atoms with Crippen LogP contribution in [0.25, 0.3) is 22.2 Å². The maximum atomic E-state index is 12.4. The highest BCUT2D eigenvalue weighted by molar-refractivity contribution is 7.85. The molecule has 1 unspecified atom stereocenters. The monoisotopic (exact) mass is 415 g/mol. The Morgan fingerprint density at radius 3 is 2.45 bits per heavy atom. The molecule has 3 rings (SSSR count). The maximum Gasteiger partial charge on any atom is 0.123 e. The zero-order valence-electron chi connectivity index (χ0n) is 17.2. The summed E-state index contributed by atoms with van der Waals surface area (Å²) in [6.45, 7) is 6.13. The van der Waals surface area contributed by atoms with Crippen LogP contribution in [-0.4, -0.2) is 28.3 Å². The van der Waals surface area contributed by atoms with Crippen LogP contribution >= 0.6 is 0 Å². The van der Waals surface area contributed by atoms with Gasteiger partial charge in [0.2, 0.25) is 0 Å². The summed E-state index contributed by atoms with van der Waals surface area (Å²) in [5, 5.41) is 10.6. The number of hydrogen-bond donors (Lipinski definition) is 1. The van der Waals surface area contributed by atoms with Crippen LogP contribution in [-0.2, 0) is 17.5 Å². The summed E-state index contributed by atoms with van der Waals surface area (Å²) in [5.74, 6) is 0.577. The molecule has 0 fully saturated rings. The van der Waals surface area contributed by atoms with Crippen molar-refractivity contribution < 1.29 is 13.3 Å². The van der Waals surface area contributed by atoms with Gasteiger partial charge in [-0.05, 0) is 36.8 Å². The molecule has 5 nitrogen and oxygen atoms in total. The Kier molecular flexibility index (Phi) is 8.22. The van der Waals surface area contributed by atoms with Crippen molar-refractivity contribution in [2.45, 2.75) is 27.3 Å². The summed E-state index contributed by atoms with van der Waals surface area (Å²) in [4.78, 5) is 0. The molecule has 29 heavy (non-hydrogen) atoms. The number of alkyl halides is 1. The van der Waals surface area contributed by atoms with Crippen LogP contribution in [0.1, 0.15) is 26.3 Å². The van der Waals surface area contributed by atoms with Crippen LogP contribution in [0.5, 0.6) is 5.75 Å². The minimum atomic E-state index is -1.15. The lowest BCUT2D eigenvalue weighted by atomic mass is 10.1. The second-order valence-corrected chi connectivity index (χ2v) is 7.04. The predicted molar refractivity (Wildman–Crippen MR) is 118 cm³/mol. The second kappa shape index (κ2) is 10.6. The summed E-state index contributed by atoms with van der Waals surface area (Å²) >= 11 is 0. The highest BCUT2D eigenvalue weighted by Gasteiger charge is 2.18. The molecule has 0 radical (unpaired) electrons. The molecule has 1 aromatic heterocycles. The van der Waals surface area contributed by atoms with E-state index in [1.54, 1.807) is 12.3 Å². The largest absolute Gasteiger partial charge is 0.491 e. The van der Waals surface area contributed by atoms with Crippen LogP contribution in [0.3, 0.4) is 0 Å². The number of halogens is 1. The van der Waals surface area contributed by atoms with Gasteiger partial charge in [-0.1, -0.05) is 26.0 Å². The molecule has 1 heterocycles. The molecule has 0 aliphatic heterocycles. The van der Waals surface area contributed by atoms with Crippen molar-refractivity contribution in [1.82, 2.24) is 4.57 Å². The average Bonchev–Trinajstić information content (AvgIpc) is 3.06. The van der Waals surface area contributed by atoms with E-state index in [2.05, 4.69) is 15.4 Å². The highest BCUT2D eigenvalue weighted by atomic mass is 32.2. The molecule has 154 valence electrons. The van der Waals surface area contributed by atoms with Gasteiger partial charge in [0.25, 0.3) is 0 Å². The number of nitrogens with one attached hydrogen (secondary N) is 1. The van der Waals surface area contributed by atoms with E-state index in [4.69, 9.17) is 4.74 Å². The van der Waals surface area contributed by atoms with E-state index < -0.39 is 17.7 Å². The SMILES string of the molecule is CC.CCn1c(-c2ccc(NS(C)=O)cc2)c(C#N)c2ccc(OCCF)cc21. The molecule has 0 aliphatic rings. The highest BCUT2D eigenvalue weighted by Crippen LogP contribution is 2.35. The zero-order chi connectivity index (χ0) is 21.4. The number of aromatic nitrogens is 1. The number of anilines is 1. The Labute approximate surface area is 173 Å². The van der Waals surface area contributed by atoms with Crippen molar-refractivity contribution in [2.75, 3.05) is 24.3 Å². The third kappa shape index (κ3) is 4.96. The second-order valence-electron chi connectivity index (χ2n) is 5.93. The normalized spacial score (nSPS) is 11.3. The van der Waals surface area contributed by atoms with Gasteiger partial charge in [-0.25, -0.2) is 8.60 Å². The number of nitriles is 1. The third-order valence-electron chi connectivity index (χ3n) is 4.23. The van der Waals surface area contributed by atoms with Gasteiger partial charge in [-0.2, -0.15) is 5.26 Å². The fraction of sp³-hybridized carbons (Fsp3) is 0.318. The lowest BCUT2D eigenvalue weighted by molar-refractivity contribution is 0.273. The summed E-state index contributed by atoms with van der Waals surface area (Å²) < 4.78 is 34.0. The first kappa shape index (κ1) is 22.4. The predicted octanol–water partition coefficient (Wildman–Crippen LogP) is 5.28. The number of benzene rings is 2. The lowest BCUT2D eigenvalue weighted by Crippen LogP contribution is -2.01. The molecule has 1 atom stereocenters. The van der Waals surface area contributed by atoms with Crippen LogP contribution in [0.4, 0.5) is 10.1 Å². The van der Waals surface area contributed by atoms with Gasteiger partial charge in [0.05, 0.1) is 16.8 Å². The van der Waals surface area contributed by atoms with Crippen molar-refractivity contribution in [1.29, 1.82) is 5.26 Å². The molecule has 0 aliphatic carbocycles. The van der Waals surface area contributed by atoms with Gasteiger partial charge in [0.1, 0.15) is 36.1 Å². The molecule has 0 bridgehead atoms. The van der Waals surface area contributed by atoms with Crippen molar-refractivity contribution in [3.05, 3.63) is 48.0 Å². The summed E-state index contributed by atoms with van der Waals surface area (Å²) in [6.07, 6.45) is 1.57. The van der Waals surface area contributed by atoms with Crippen molar-refractivity contribution >= 4 is 27.6 Å². The smallest absolute Gasteiger partial charge is 0.123 e. The topological polar surface area (TPSA) is 67.0 Å². The van der Waals surface area contributed by atoms with Gasteiger partial charge in [0, 0.05) is 29.9 Å². The molecule has 7 heteroatoms. The van der Waals surface area contributed by atoms with E-state index in [-0.39, 0.29) is 6.61 Å². The van der Waals surface area contributed by atoms with Gasteiger partial charge in [-0.15, -0.1) is 0 Å². The van der Waals surface area contributed by atoms with E-state index >= 15 is 0 Å². The van der Waals surface area contributed by atoms with Gasteiger partial charge in [0.15, 0.2) is 0 Å². The lowest BCUT2D eigenvalue weighted by Gasteiger charge is -2.10. The number of ether oxygens (including phenoxy) is 1. The van der Waals surface area contributed by atoms with Crippen molar-refractivity contribution in [3.63, 3.8) is 0 Å². The van der Waals surface area contributed by atoms with Crippen LogP contribution < -0.4 is 9.46 Å². The number of hydrogen-bond acceptors (Lipinski definition) is 3. The quantitative estimate of drug-likeness (QED) is 0.571. The van der Waals surface area contributed by atoms with Crippen LogP contribution in [0.15, 0.2) is 42.5 Å². The molecule has 3 aromatic rings. The molecular weight excluding hydrogens is 389 g/mol. The van der Waals surface area contributed by atoms with E-state index in [0.717, 1.165) is 27.8 Å². The molecule has 1 N–H and O–H groups in total. The zero-order valence-corrected chi connectivity index (χ0v) is 18.0. The van der Waals surface area contributed by atoms with Crippen molar-refractivity contribution in [3.8, 4) is 23.1 Å². The number of fused-ring (bicyclic) bond motifs is 1. The molecule has 0 saturated carbocycles. The van der Waals surface area contributed by atoms with E-state index in [1.807, 2.05) is 57.2 Å². The standard InChI is InChI=1S/C20H20FN3O2S.C2H6/c1-3-24-19-12-16(26-11-10-21)8-9-17(19)18(13-22)20(24)14-4-6-15(7-5-14)23-27(2)25;1-2/h4-9,12,23H,3,10-11H2,1-2H3;1-2H3. The third-order valence-corrected chi connectivity index (χ3v) is 4.75. The Hall–Kier alpha value is -2.85. The molecule has 0 amide bonds. The van der Waals surface area contributed by atoms with Gasteiger partial charge >= 0.3 is 0 Å². The van der Waals surface area contributed by atoms with E-state index in [9.17, 15) is 13.9 Å². The Balaban J connectivity index is 0.00000145. The van der Waals surface area contributed by atoms with E-state index in [1.165, 1.54) is 0 Å². The summed E-state index contributed by atoms with van der Waals surface area (Å²) in [6, 6.07) is 15.2. The molecular formula is C22H26FN3O2S. The Morgan fingerprint density at radius 1 is 1.21 bits per heavy atom. The fourth-order valence-corrected chi connectivity index (χ4v) is 3.65. The Morgan fingerprint density at radius 2 is 1.90 bits per heavy atom. The fourth-order valence-electron chi connectivity index (χ4n) is 3.18. The minimum absolute atomic E-state index is 0.00354. The maximum absolute atomic E-state index is 12.4. The van der Waals surface area contributed by atoms with Crippen LogP contribution in [0.2, 0.25) is 0 Å². The van der Waals surface area contributed by atoms with Crippen LogP contribution in [0, 0.1) is 11.3 Å². The number of aryl methyl sites for hydroxylation is 1. The molecule has 0 saturated heterocycles. The summed E-state index contributed by atoms with van der Waals surface area (Å²) in [7, 11) is -1.15. The first-order valence-corrected chi connectivity index (χ1v) is 11.1. The van der Waals surface area contributed by atoms with Gasteiger partial charge in [-0.3, -0.25) is 0 Å². The molecule has 0 spiro atoms. The first-order chi connectivity index (χ1) is 14.1. The molecule has 2 aromatic carbocycles. The number of nitrogens with zero attached hydrogens (tertiary/aromatic N) is 2. The van der Waals surface area contributed by atoms with Crippen molar-refractivity contribution in [2.24, 2.45) is 0 Å². The number of rotatable bonds is 7. The minimum Gasteiger partial charge on any atom is -0.491 e.